The second-order valence-electron chi connectivity index (χ2n) is 3.73. The molecule has 1 aromatic rings. The van der Waals surface area contributed by atoms with E-state index in [0.29, 0.717) is 12.0 Å². The molecular formula is C12H10N2O2. The number of benzene rings is 1. The number of fused-ring (bicyclic) bond motifs is 1. The summed E-state index contributed by atoms with van der Waals surface area (Å²) >= 11 is 0. The van der Waals surface area contributed by atoms with Crippen molar-refractivity contribution in [2.75, 3.05) is 11.9 Å². The molecule has 4 heteroatoms. The Balaban J connectivity index is 2.36. The van der Waals surface area contributed by atoms with Gasteiger partial charge in [-0.15, -0.1) is 0 Å². The zero-order valence-corrected chi connectivity index (χ0v) is 8.86. The molecule has 0 spiro atoms. The van der Waals surface area contributed by atoms with Crippen molar-refractivity contribution in [3.8, 4) is 6.07 Å². The lowest BCUT2D eigenvalue weighted by Gasteiger charge is -2.09. The fourth-order valence-electron chi connectivity index (χ4n) is 1.82. The first kappa shape index (κ1) is 10.4. The van der Waals surface area contributed by atoms with Crippen molar-refractivity contribution in [1.82, 2.24) is 0 Å². The number of nitriles is 1. The predicted octanol–water partition coefficient (Wildman–Crippen LogP) is 1.30. The second kappa shape index (κ2) is 3.78. The maximum absolute atomic E-state index is 11.5. The average molecular weight is 214 g/mol. The highest BCUT2D eigenvalue weighted by atomic mass is 16.2. The number of ketones is 1. The first-order valence-corrected chi connectivity index (χ1v) is 4.93. The normalized spacial score (nSPS) is 13.5. The van der Waals surface area contributed by atoms with E-state index < -0.39 is 0 Å². The summed E-state index contributed by atoms with van der Waals surface area (Å²) in [5.41, 5.74) is 2.21. The summed E-state index contributed by atoms with van der Waals surface area (Å²) in [6.45, 7) is 0. The van der Waals surface area contributed by atoms with Crippen LogP contribution >= 0.6 is 0 Å². The van der Waals surface area contributed by atoms with Crippen LogP contribution in [0.15, 0.2) is 18.2 Å². The van der Waals surface area contributed by atoms with E-state index in [0.717, 1.165) is 11.3 Å². The van der Waals surface area contributed by atoms with Crippen LogP contribution in [0.2, 0.25) is 0 Å². The third-order valence-corrected chi connectivity index (χ3v) is 2.72. The van der Waals surface area contributed by atoms with Crippen molar-refractivity contribution in [3.63, 3.8) is 0 Å². The quantitative estimate of drug-likeness (QED) is 0.697. The molecule has 1 heterocycles. The Hall–Kier alpha value is -2.15. The highest BCUT2D eigenvalue weighted by molar-refractivity contribution is 6.03. The first-order valence-electron chi connectivity index (χ1n) is 4.93. The predicted molar refractivity (Wildman–Crippen MR) is 58.1 cm³/mol. The highest BCUT2D eigenvalue weighted by Crippen LogP contribution is 2.28. The van der Waals surface area contributed by atoms with Crippen LogP contribution in [-0.4, -0.2) is 18.7 Å². The monoisotopic (exact) mass is 214 g/mol. The van der Waals surface area contributed by atoms with E-state index >= 15 is 0 Å². The summed E-state index contributed by atoms with van der Waals surface area (Å²) < 4.78 is 0. The van der Waals surface area contributed by atoms with E-state index in [1.54, 1.807) is 30.1 Å². The minimum Gasteiger partial charge on any atom is -0.315 e. The number of anilines is 1. The summed E-state index contributed by atoms with van der Waals surface area (Å²) in [4.78, 5) is 24.5. The molecule has 1 aromatic carbocycles. The minimum absolute atomic E-state index is 0.0277. The summed E-state index contributed by atoms with van der Waals surface area (Å²) in [5, 5.41) is 8.44. The number of hydrogen-bond acceptors (Lipinski definition) is 3. The first-order chi connectivity index (χ1) is 7.63. The van der Waals surface area contributed by atoms with Crippen LogP contribution in [0.1, 0.15) is 22.3 Å². The van der Waals surface area contributed by atoms with Crippen LogP contribution in [0.25, 0.3) is 0 Å². The Morgan fingerprint density at radius 1 is 1.56 bits per heavy atom. The van der Waals surface area contributed by atoms with Gasteiger partial charge in [0.2, 0.25) is 5.91 Å². The number of likely N-dealkylation sites (N-methyl/N-ethyl adjacent to an activating group) is 1. The molecule has 0 saturated carbocycles. The van der Waals surface area contributed by atoms with Gasteiger partial charge in [-0.05, 0) is 23.8 Å². The topological polar surface area (TPSA) is 61.2 Å². The molecule has 2 rings (SSSR count). The van der Waals surface area contributed by atoms with Crippen molar-refractivity contribution in [2.24, 2.45) is 0 Å². The second-order valence-corrected chi connectivity index (χ2v) is 3.73. The van der Waals surface area contributed by atoms with Crippen LogP contribution < -0.4 is 4.90 Å². The molecule has 0 aromatic heterocycles. The number of nitrogens with zero attached hydrogens (tertiary/aromatic N) is 2. The number of amides is 1. The molecule has 0 bridgehead atoms. The van der Waals surface area contributed by atoms with Gasteiger partial charge in [-0.25, -0.2) is 0 Å². The van der Waals surface area contributed by atoms with Crippen molar-refractivity contribution >= 4 is 17.4 Å². The molecule has 0 saturated heterocycles. The maximum Gasteiger partial charge on any atom is 0.231 e. The van der Waals surface area contributed by atoms with Gasteiger partial charge in [-0.1, -0.05) is 0 Å². The molecule has 0 unspecified atom stereocenters. The zero-order valence-electron chi connectivity index (χ0n) is 8.86. The lowest BCUT2D eigenvalue weighted by atomic mass is 10.0. The summed E-state index contributed by atoms with van der Waals surface area (Å²) in [6.07, 6.45) is 0.210. The highest BCUT2D eigenvalue weighted by Gasteiger charge is 2.24. The van der Waals surface area contributed by atoms with Crippen molar-refractivity contribution in [1.29, 1.82) is 5.26 Å². The molecule has 0 radical (unpaired) electrons. The number of carbonyl (C=O) groups excluding carboxylic acids is 2. The van der Waals surface area contributed by atoms with Gasteiger partial charge in [0.1, 0.15) is 0 Å². The van der Waals surface area contributed by atoms with E-state index in [1.807, 2.05) is 6.07 Å². The summed E-state index contributed by atoms with van der Waals surface area (Å²) in [6, 6.07) is 6.94. The lowest BCUT2D eigenvalue weighted by Crippen LogP contribution is -2.20. The molecule has 16 heavy (non-hydrogen) atoms. The molecule has 4 nitrogen and oxygen atoms in total. The van der Waals surface area contributed by atoms with E-state index in [2.05, 4.69) is 0 Å². The van der Waals surface area contributed by atoms with Crippen LogP contribution in [0.4, 0.5) is 5.69 Å². The zero-order chi connectivity index (χ0) is 11.7. The van der Waals surface area contributed by atoms with Gasteiger partial charge in [0.05, 0.1) is 18.9 Å². The van der Waals surface area contributed by atoms with Gasteiger partial charge in [0, 0.05) is 18.3 Å². The molecule has 0 fully saturated rings. The fraction of sp³-hybridized carbons (Fsp3) is 0.250. The lowest BCUT2D eigenvalue weighted by molar-refractivity contribution is -0.117. The number of hydrogen-bond donors (Lipinski definition) is 0. The Morgan fingerprint density at radius 3 is 3.00 bits per heavy atom. The molecule has 0 N–H and O–H groups in total. The molecule has 1 aliphatic heterocycles. The molecular weight excluding hydrogens is 204 g/mol. The van der Waals surface area contributed by atoms with Crippen LogP contribution in [-0.2, 0) is 11.2 Å². The van der Waals surface area contributed by atoms with Gasteiger partial charge < -0.3 is 4.90 Å². The summed E-state index contributed by atoms with van der Waals surface area (Å²) in [7, 11) is 1.71. The third kappa shape index (κ3) is 1.57. The molecule has 0 aliphatic carbocycles. The number of Topliss-reactive ketones (excluding diaryl/α,β-unsaturated/α-hetero) is 1. The number of rotatable bonds is 2. The standard InChI is InChI=1S/C12H10N2O2/c1-14-10-3-2-8(11(15)4-5-13)6-9(10)7-12(14)16/h2-3,6H,4,7H2,1H3. The van der Waals surface area contributed by atoms with Gasteiger partial charge >= 0.3 is 0 Å². The van der Waals surface area contributed by atoms with Gasteiger partial charge in [0.25, 0.3) is 0 Å². The molecule has 0 atom stereocenters. The average Bonchev–Trinajstić information content (AvgIpc) is 2.55. The molecule has 1 amide bonds. The SMILES string of the molecule is CN1C(=O)Cc2cc(C(=O)CC#N)ccc21. The van der Waals surface area contributed by atoms with Crippen molar-refractivity contribution in [3.05, 3.63) is 29.3 Å². The van der Waals surface area contributed by atoms with E-state index in [1.165, 1.54) is 0 Å². The van der Waals surface area contributed by atoms with Crippen molar-refractivity contribution in [2.45, 2.75) is 12.8 Å². The van der Waals surface area contributed by atoms with E-state index in [9.17, 15) is 9.59 Å². The Labute approximate surface area is 93.1 Å². The van der Waals surface area contributed by atoms with Gasteiger partial charge in [-0.3, -0.25) is 9.59 Å². The van der Waals surface area contributed by atoms with Crippen LogP contribution in [0.3, 0.4) is 0 Å². The maximum atomic E-state index is 11.5. The summed E-state index contributed by atoms with van der Waals surface area (Å²) in [5.74, 6) is -0.174. The molecule has 80 valence electrons. The Bertz CT molecular complexity index is 514. The fourth-order valence-corrected chi connectivity index (χ4v) is 1.82. The van der Waals surface area contributed by atoms with Crippen LogP contribution in [0.5, 0.6) is 0 Å². The van der Waals surface area contributed by atoms with E-state index in [-0.39, 0.29) is 18.1 Å². The minimum atomic E-state index is -0.202. The van der Waals surface area contributed by atoms with E-state index in [4.69, 9.17) is 5.26 Å². The Morgan fingerprint density at radius 2 is 2.31 bits per heavy atom. The largest absolute Gasteiger partial charge is 0.315 e. The van der Waals surface area contributed by atoms with Crippen LogP contribution in [0, 0.1) is 11.3 Å². The smallest absolute Gasteiger partial charge is 0.231 e. The Kier molecular flexibility index (Phi) is 2.45. The number of carbonyl (C=O) groups is 2. The van der Waals surface area contributed by atoms with Crippen molar-refractivity contribution < 1.29 is 9.59 Å². The van der Waals surface area contributed by atoms with Gasteiger partial charge in [0.15, 0.2) is 5.78 Å². The molecule has 1 aliphatic rings. The van der Waals surface area contributed by atoms with Gasteiger partial charge in [-0.2, -0.15) is 5.26 Å². The third-order valence-electron chi connectivity index (χ3n) is 2.72.